The first-order valence-electron chi connectivity index (χ1n) is 29.3. The number of benzene rings is 2. The standard InChI is InChI=1S/C59H87N13O13/c1-32(2)27-39-50(77)67-43(30-37-19-12-9-13-20-37)58(85)72-26-16-23-45(72)54(81)70-48(35(7)73)56(83)66-41(31-46(74)75)52(79)65-40(28-33(3)4)51(78)68-42(29-36-17-10-8-11-18-36)57(84)71-25-15-22-44(71)53(80)69-47(34(5)6)55(82)63-38(49(76)64-39)21-14-24-62-59(60)61/h8-13,17-20,32-35,38-45,47-48,73H,14-16,21-31H2,1-7H3,(H,63,82)(H,64,76)(H,65,79)(H,66,83)(H,67,77)(H,68,78)(H,69,80)(H,70,81)(H,74,75)(H4,60,61,62)/t35-,38+,39+,40+,41+,42-,43-,44+,45+,47+,48+/m1/s1. The first kappa shape index (κ1) is 67.6. The van der Waals surface area contributed by atoms with E-state index in [4.69, 9.17) is 11.5 Å². The van der Waals surface area contributed by atoms with Crippen molar-refractivity contribution in [3.05, 3.63) is 71.8 Å². The van der Waals surface area contributed by atoms with Crippen molar-refractivity contribution in [2.75, 3.05) is 19.6 Å². The molecule has 3 saturated heterocycles. The second kappa shape index (κ2) is 32.2. The molecule has 14 N–H and O–H groups in total. The topological polar surface area (TPSA) is 395 Å². The van der Waals surface area contributed by atoms with Gasteiger partial charge in [0.25, 0.3) is 0 Å². The summed E-state index contributed by atoms with van der Waals surface area (Å²) < 4.78 is 0. The number of amides is 10. The number of carbonyl (C=O) groups is 11. The predicted molar refractivity (Wildman–Crippen MR) is 313 cm³/mol. The SMILES string of the molecule is CC(C)C[C@@H]1NC(=O)[C@H](CC(=O)O)NC(=O)[C@H]([C@@H](C)O)NC(=O)[C@@H]2CCCN2C(=O)[C@@H](Cc2ccccc2)NC(=O)[C@H](CC(C)C)NC(=O)[C@H](CCCN=C(N)N)NC(=O)[C@H](C(C)C)NC(=O)[C@@H]2CCCN2C(=O)[C@@H](Cc2ccccc2)NC1=O. The van der Waals surface area contributed by atoms with Gasteiger partial charge < -0.3 is 74.0 Å². The van der Waals surface area contributed by atoms with Crippen molar-refractivity contribution in [2.45, 2.75) is 186 Å². The van der Waals surface area contributed by atoms with E-state index in [9.17, 15) is 63.0 Å². The number of rotatable bonds is 16. The Morgan fingerprint density at radius 2 is 0.918 bits per heavy atom. The average Bonchev–Trinajstić information content (AvgIpc) is 3.43. The third kappa shape index (κ3) is 20.3. The second-order valence-corrected chi connectivity index (χ2v) is 23.4. The molecule has 3 heterocycles. The number of carboxylic acid groups (broad SMARTS) is 1. The molecule has 3 fully saturated rings. The molecule has 3 aliphatic heterocycles. The molecule has 0 unspecified atom stereocenters. The maximum Gasteiger partial charge on any atom is 0.305 e. The Hall–Kier alpha value is -8.16. The molecule has 0 aliphatic carbocycles. The third-order valence-corrected chi connectivity index (χ3v) is 15.1. The van der Waals surface area contributed by atoms with Crippen LogP contribution in [0.5, 0.6) is 0 Å². The van der Waals surface area contributed by atoms with Gasteiger partial charge in [0.05, 0.1) is 12.5 Å². The zero-order valence-electron chi connectivity index (χ0n) is 49.6. The maximum absolute atomic E-state index is 14.9. The number of aliphatic hydroxyl groups excluding tert-OH is 1. The van der Waals surface area contributed by atoms with Crippen LogP contribution in [0, 0.1) is 17.8 Å². The molecule has 0 saturated carbocycles. The van der Waals surface area contributed by atoms with Crippen LogP contribution in [-0.4, -0.2) is 177 Å². The van der Waals surface area contributed by atoms with Crippen molar-refractivity contribution >= 4 is 71.0 Å². The number of hydrogen-bond acceptors (Lipinski definition) is 13. The minimum atomic E-state index is -1.88. The Morgan fingerprint density at radius 1 is 0.529 bits per heavy atom. The van der Waals surface area contributed by atoms with Crippen LogP contribution >= 0.6 is 0 Å². The number of hydrogen-bond donors (Lipinski definition) is 12. The van der Waals surface area contributed by atoms with Gasteiger partial charge in [0.2, 0.25) is 59.1 Å². The molecule has 3 aliphatic rings. The van der Waals surface area contributed by atoms with Crippen LogP contribution in [0.15, 0.2) is 65.7 Å². The van der Waals surface area contributed by atoms with Gasteiger partial charge in [0, 0.05) is 32.5 Å². The average molecular weight is 1190 g/mol. The number of nitrogens with one attached hydrogen (secondary N) is 8. The molecule has 2 aromatic rings. The number of carbonyl (C=O) groups excluding carboxylic acids is 10. The van der Waals surface area contributed by atoms with E-state index < -0.39 is 144 Å². The summed E-state index contributed by atoms with van der Waals surface area (Å²) in [7, 11) is 0. The van der Waals surface area contributed by atoms with E-state index in [-0.39, 0.29) is 88.8 Å². The van der Waals surface area contributed by atoms with Gasteiger partial charge in [-0.2, -0.15) is 0 Å². The fourth-order valence-electron chi connectivity index (χ4n) is 10.7. The zero-order valence-corrected chi connectivity index (χ0v) is 49.6. The highest BCUT2D eigenvalue weighted by Crippen LogP contribution is 2.23. The van der Waals surface area contributed by atoms with E-state index in [1.807, 2.05) is 13.8 Å². The Bertz CT molecular complexity index is 2710. The van der Waals surface area contributed by atoms with Gasteiger partial charge in [-0.1, -0.05) is 102 Å². The molecule has 0 bridgehead atoms. The zero-order chi connectivity index (χ0) is 62.7. The number of fused-ring (bicyclic) bond motifs is 2. The van der Waals surface area contributed by atoms with E-state index >= 15 is 0 Å². The van der Waals surface area contributed by atoms with Crippen molar-refractivity contribution in [1.29, 1.82) is 0 Å². The molecule has 26 nitrogen and oxygen atoms in total. The number of guanidine groups is 1. The maximum atomic E-state index is 14.9. The Morgan fingerprint density at radius 3 is 1.33 bits per heavy atom. The van der Waals surface area contributed by atoms with Crippen molar-refractivity contribution < 1.29 is 63.0 Å². The first-order chi connectivity index (χ1) is 40.2. The fourth-order valence-corrected chi connectivity index (χ4v) is 10.7. The Labute approximate surface area is 495 Å². The highest BCUT2D eigenvalue weighted by atomic mass is 16.4. The third-order valence-electron chi connectivity index (χ3n) is 15.1. The molecular formula is C59H87N13O13. The van der Waals surface area contributed by atoms with Crippen LogP contribution < -0.4 is 54.0 Å². The molecule has 0 spiro atoms. The summed E-state index contributed by atoms with van der Waals surface area (Å²) in [5.41, 5.74) is 12.4. The molecule has 0 aromatic heterocycles. The predicted octanol–water partition coefficient (Wildman–Crippen LogP) is -0.997. The number of carboxylic acids is 1. The number of nitrogens with two attached hydrogens (primary N) is 2. The fraction of sp³-hybridized carbons (Fsp3) is 0.593. The minimum Gasteiger partial charge on any atom is -0.481 e. The highest BCUT2D eigenvalue weighted by Gasteiger charge is 2.44. The van der Waals surface area contributed by atoms with Crippen LogP contribution in [0.1, 0.15) is 117 Å². The quantitative estimate of drug-likeness (QED) is 0.0545. The van der Waals surface area contributed by atoms with Crippen molar-refractivity contribution in [3.8, 4) is 0 Å². The summed E-state index contributed by atoms with van der Waals surface area (Å²) in [5.74, 6) is -11.2. The van der Waals surface area contributed by atoms with Gasteiger partial charge in [0.15, 0.2) is 5.96 Å². The molecule has 5 rings (SSSR count). The molecule has 11 atom stereocenters. The summed E-state index contributed by atoms with van der Waals surface area (Å²) >= 11 is 0. The largest absolute Gasteiger partial charge is 0.481 e. The van der Waals surface area contributed by atoms with E-state index in [0.29, 0.717) is 24.0 Å². The number of aliphatic hydroxyl groups is 1. The highest BCUT2D eigenvalue weighted by molar-refractivity contribution is 6.00. The van der Waals surface area contributed by atoms with Gasteiger partial charge in [-0.15, -0.1) is 0 Å². The Balaban J connectivity index is 1.60. The summed E-state index contributed by atoms with van der Waals surface area (Å²) in [6.07, 6.45) is -1.75. The van der Waals surface area contributed by atoms with Gasteiger partial charge in [-0.25, -0.2) is 0 Å². The van der Waals surface area contributed by atoms with Crippen LogP contribution in [0.4, 0.5) is 0 Å². The molecule has 85 heavy (non-hydrogen) atoms. The lowest BCUT2D eigenvalue weighted by Gasteiger charge is -2.32. The van der Waals surface area contributed by atoms with Gasteiger partial charge >= 0.3 is 5.97 Å². The molecule has 10 amide bonds. The summed E-state index contributed by atoms with van der Waals surface area (Å²) in [4.78, 5) is 164. The van der Waals surface area contributed by atoms with E-state index in [1.165, 1.54) is 16.7 Å². The lowest BCUT2D eigenvalue weighted by atomic mass is 9.99. The van der Waals surface area contributed by atoms with E-state index in [0.717, 1.165) is 0 Å². The molecular weight excluding hydrogens is 1100 g/mol. The van der Waals surface area contributed by atoms with Crippen LogP contribution in [0.2, 0.25) is 0 Å². The minimum absolute atomic E-state index is 0.0287. The van der Waals surface area contributed by atoms with Gasteiger partial charge in [-0.3, -0.25) is 57.7 Å². The molecule has 26 heteroatoms. The molecule has 2 aromatic carbocycles. The van der Waals surface area contributed by atoms with Crippen LogP contribution in [-0.2, 0) is 65.6 Å². The van der Waals surface area contributed by atoms with E-state index in [2.05, 4.69) is 47.5 Å². The molecule has 466 valence electrons. The summed E-state index contributed by atoms with van der Waals surface area (Å²) in [6, 6.07) is 3.29. The number of aliphatic carboxylic acids is 1. The van der Waals surface area contributed by atoms with Gasteiger partial charge in [0.1, 0.15) is 60.4 Å². The van der Waals surface area contributed by atoms with Crippen LogP contribution in [0.3, 0.4) is 0 Å². The first-order valence-corrected chi connectivity index (χ1v) is 29.3. The summed E-state index contributed by atoms with van der Waals surface area (Å²) in [6.45, 7) is 11.8. The lowest BCUT2D eigenvalue weighted by molar-refractivity contribution is -0.144. The number of nitrogens with zero attached hydrogens (tertiary/aromatic N) is 3. The second-order valence-electron chi connectivity index (χ2n) is 23.4. The van der Waals surface area contributed by atoms with Gasteiger partial charge in [-0.05, 0) is 87.2 Å². The summed E-state index contributed by atoms with van der Waals surface area (Å²) in [5, 5.41) is 42.3. The van der Waals surface area contributed by atoms with Crippen molar-refractivity contribution in [2.24, 2.45) is 34.2 Å². The van der Waals surface area contributed by atoms with Crippen molar-refractivity contribution in [3.63, 3.8) is 0 Å². The van der Waals surface area contributed by atoms with E-state index in [1.54, 1.807) is 88.4 Å². The van der Waals surface area contributed by atoms with Crippen molar-refractivity contribution in [1.82, 2.24) is 52.3 Å². The molecule has 0 radical (unpaired) electrons. The normalized spacial score (nSPS) is 26.2. The smallest absolute Gasteiger partial charge is 0.305 e. The monoisotopic (exact) mass is 1190 g/mol. The van der Waals surface area contributed by atoms with Crippen LogP contribution in [0.25, 0.3) is 0 Å². The lowest BCUT2D eigenvalue weighted by Crippen LogP contribution is -2.62. The Kier molecular flexibility index (Phi) is 25.6. The number of aliphatic imine (C=N–C) groups is 1.